The molecule has 3 heteroatoms. The van der Waals surface area contributed by atoms with Crippen LogP contribution in [0.3, 0.4) is 0 Å². The number of hydrogen-bond acceptors (Lipinski definition) is 3. The predicted octanol–water partition coefficient (Wildman–Crippen LogP) is 1.56. The summed E-state index contributed by atoms with van der Waals surface area (Å²) >= 11 is 0. The molecule has 0 aromatic carbocycles. The minimum Gasteiger partial charge on any atom is -0.462 e. The molecule has 0 aliphatic rings. The van der Waals surface area contributed by atoms with Gasteiger partial charge < -0.3 is 10.5 Å². The van der Waals surface area contributed by atoms with Crippen LogP contribution >= 0.6 is 0 Å². The average molecular weight is 187 g/mol. The number of ether oxygens (including phenoxy) is 1. The molecule has 0 radical (unpaired) electrons. The summed E-state index contributed by atoms with van der Waals surface area (Å²) in [5.74, 6) is 0.447. The molecule has 0 fully saturated rings. The molecular formula is C10H21NO2. The summed E-state index contributed by atoms with van der Waals surface area (Å²) in [7, 11) is 0. The summed E-state index contributed by atoms with van der Waals surface area (Å²) in [5.41, 5.74) is 5.40. The second-order valence-corrected chi connectivity index (χ2v) is 3.98. The van der Waals surface area contributed by atoms with E-state index in [1.165, 1.54) is 0 Å². The zero-order chi connectivity index (χ0) is 10.4. The van der Waals surface area contributed by atoms with Crippen molar-refractivity contribution in [3.8, 4) is 0 Å². The number of esters is 1. The highest BCUT2D eigenvalue weighted by Crippen LogP contribution is 2.08. The maximum Gasteiger partial charge on any atom is 0.306 e. The molecule has 0 aliphatic carbocycles. The first-order chi connectivity index (χ1) is 5.97. The maximum atomic E-state index is 11.2. The lowest BCUT2D eigenvalue weighted by molar-refractivity contribution is -0.151. The lowest BCUT2D eigenvalue weighted by atomic mass is 10.1. The zero-order valence-electron chi connectivity index (χ0n) is 9.04. The summed E-state index contributed by atoms with van der Waals surface area (Å²) in [4.78, 5) is 11.2. The van der Waals surface area contributed by atoms with Gasteiger partial charge in [-0.3, -0.25) is 4.79 Å². The van der Waals surface area contributed by atoms with Gasteiger partial charge in [-0.25, -0.2) is 0 Å². The van der Waals surface area contributed by atoms with E-state index in [1.807, 2.05) is 27.7 Å². The molecule has 2 unspecified atom stereocenters. The van der Waals surface area contributed by atoms with Crippen LogP contribution < -0.4 is 5.73 Å². The van der Waals surface area contributed by atoms with Crippen molar-refractivity contribution in [2.45, 2.75) is 40.2 Å². The number of carbonyl (C=O) groups excluding carboxylic acids is 1. The van der Waals surface area contributed by atoms with Crippen LogP contribution in [-0.4, -0.2) is 18.6 Å². The largest absolute Gasteiger partial charge is 0.462 e. The maximum absolute atomic E-state index is 11.2. The van der Waals surface area contributed by atoms with Gasteiger partial charge in [-0.2, -0.15) is 0 Å². The van der Waals surface area contributed by atoms with Gasteiger partial charge in [0.05, 0.1) is 0 Å². The van der Waals surface area contributed by atoms with E-state index in [1.54, 1.807) is 0 Å². The molecule has 0 saturated heterocycles. The van der Waals surface area contributed by atoms with Gasteiger partial charge in [-0.05, 0) is 25.3 Å². The quantitative estimate of drug-likeness (QED) is 0.664. The molecule has 0 amide bonds. The normalized spacial score (nSPS) is 15.5. The van der Waals surface area contributed by atoms with E-state index in [0.29, 0.717) is 18.9 Å². The van der Waals surface area contributed by atoms with Crippen molar-refractivity contribution in [3.05, 3.63) is 0 Å². The van der Waals surface area contributed by atoms with E-state index in [0.717, 1.165) is 0 Å². The Bertz CT molecular complexity index is 157. The third-order valence-corrected chi connectivity index (χ3v) is 2.17. The van der Waals surface area contributed by atoms with Crippen molar-refractivity contribution in [2.24, 2.45) is 17.6 Å². The van der Waals surface area contributed by atoms with E-state index in [4.69, 9.17) is 10.5 Å². The summed E-state index contributed by atoms with van der Waals surface area (Å²) < 4.78 is 5.19. The van der Waals surface area contributed by atoms with Crippen molar-refractivity contribution < 1.29 is 9.53 Å². The third kappa shape index (κ3) is 5.64. The van der Waals surface area contributed by atoms with Gasteiger partial charge in [0, 0.05) is 6.42 Å². The fourth-order valence-electron chi connectivity index (χ4n) is 0.759. The molecule has 78 valence electrons. The fraction of sp³-hybridized carbons (Fsp3) is 0.900. The second kappa shape index (κ2) is 5.97. The Hall–Kier alpha value is -0.570. The number of rotatable bonds is 5. The molecule has 13 heavy (non-hydrogen) atoms. The van der Waals surface area contributed by atoms with Crippen LogP contribution in [0.5, 0.6) is 0 Å². The van der Waals surface area contributed by atoms with E-state index in [2.05, 4.69) is 0 Å². The monoisotopic (exact) mass is 187 g/mol. The first-order valence-corrected chi connectivity index (χ1v) is 4.86. The molecule has 0 saturated carbocycles. The third-order valence-electron chi connectivity index (χ3n) is 2.17. The molecule has 0 aromatic rings. The van der Waals surface area contributed by atoms with E-state index < -0.39 is 0 Å². The smallest absolute Gasteiger partial charge is 0.306 e. The highest BCUT2D eigenvalue weighted by Gasteiger charge is 2.14. The first kappa shape index (κ1) is 12.4. The second-order valence-electron chi connectivity index (χ2n) is 3.98. The standard InChI is InChI=1S/C10H21NO2/c1-7(2)9(4)13-10(12)5-8(3)6-11/h7-9H,5-6,11H2,1-4H3. The van der Waals surface area contributed by atoms with Crippen LogP contribution in [0.4, 0.5) is 0 Å². The Kier molecular flexibility index (Phi) is 5.71. The number of carbonyl (C=O) groups is 1. The van der Waals surface area contributed by atoms with Crippen molar-refractivity contribution in [2.75, 3.05) is 6.54 Å². The molecule has 3 nitrogen and oxygen atoms in total. The molecular weight excluding hydrogens is 166 g/mol. The highest BCUT2D eigenvalue weighted by atomic mass is 16.5. The highest BCUT2D eigenvalue weighted by molar-refractivity contribution is 5.69. The SMILES string of the molecule is CC(CN)CC(=O)OC(C)C(C)C. The van der Waals surface area contributed by atoms with Gasteiger partial charge >= 0.3 is 5.97 Å². The van der Waals surface area contributed by atoms with Gasteiger partial charge in [0.15, 0.2) is 0 Å². The van der Waals surface area contributed by atoms with Crippen molar-refractivity contribution in [1.82, 2.24) is 0 Å². The van der Waals surface area contributed by atoms with Crippen LogP contribution in [0.25, 0.3) is 0 Å². The van der Waals surface area contributed by atoms with Gasteiger partial charge in [-0.1, -0.05) is 20.8 Å². The first-order valence-electron chi connectivity index (χ1n) is 4.86. The lowest BCUT2D eigenvalue weighted by Gasteiger charge is -2.17. The number of nitrogens with two attached hydrogens (primary N) is 1. The molecule has 0 aliphatic heterocycles. The Morgan fingerprint density at radius 2 is 1.85 bits per heavy atom. The molecule has 0 heterocycles. The van der Waals surface area contributed by atoms with Gasteiger partial charge in [0.25, 0.3) is 0 Å². The Balaban J connectivity index is 3.74. The van der Waals surface area contributed by atoms with Gasteiger partial charge in [0.2, 0.25) is 0 Å². The van der Waals surface area contributed by atoms with Gasteiger partial charge in [0.1, 0.15) is 6.10 Å². The molecule has 2 N–H and O–H groups in total. The number of hydrogen-bond donors (Lipinski definition) is 1. The van der Waals surface area contributed by atoms with E-state index in [9.17, 15) is 4.79 Å². The fourth-order valence-corrected chi connectivity index (χ4v) is 0.759. The van der Waals surface area contributed by atoms with Crippen molar-refractivity contribution >= 4 is 5.97 Å². The molecule has 0 spiro atoms. The predicted molar refractivity (Wildman–Crippen MR) is 53.2 cm³/mol. The molecule has 2 atom stereocenters. The van der Waals surface area contributed by atoms with Crippen LogP contribution in [0.2, 0.25) is 0 Å². The van der Waals surface area contributed by atoms with Crippen LogP contribution in [0.1, 0.15) is 34.1 Å². The van der Waals surface area contributed by atoms with E-state index in [-0.39, 0.29) is 18.0 Å². The average Bonchev–Trinajstić information content (AvgIpc) is 2.03. The molecule has 0 aromatic heterocycles. The minimum atomic E-state index is -0.140. The summed E-state index contributed by atoms with van der Waals surface area (Å²) in [6.07, 6.45) is 0.422. The summed E-state index contributed by atoms with van der Waals surface area (Å²) in [6.45, 7) is 8.46. The zero-order valence-corrected chi connectivity index (χ0v) is 9.04. The molecule has 0 bridgehead atoms. The minimum absolute atomic E-state index is 0.00234. The Labute approximate surface area is 80.6 Å². The topological polar surface area (TPSA) is 52.3 Å². The lowest BCUT2D eigenvalue weighted by Crippen LogP contribution is -2.23. The van der Waals surface area contributed by atoms with E-state index >= 15 is 0 Å². The van der Waals surface area contributed by atoms with Crippen molar-refractivity contribution in [3.63, 3.8) is 0 Å². The van der Waals surface area contributed by atoms with Crippen molar-refractivity contribution in [1.29, 1.82) is 0 Å². The van der Waals surface area contributed by atoms with Crippen LogP contribution in [0.15, 0.2) is 0 Å². The Morgan fingerprint density at radius 3 is 2.23 bits per heavy atom. The summed E-state index contributed by atoms with van der Waals surface area (Å²) in [5, 5.41) is 0. The molecule has 0 rings (SSSR count). The Morgan fingerprint density at radius 1 is 1.31 bits per heavy atom. The van der Waals surface area contributed by atoms with Crippen LogP contribution in [0, 0.1) is 11.8 Å². The van der Waals surface area contributed by atoms with Gasteiger partial charge in [-0.15, -0.1) is 0 Å². The summed E-state index contributed by atoms with van der Waals surface area (Å²) in [6, 6.07) is 0. The van der Waals surface area contributed by atoms with Crippen LogP contribution in [-0.2, 0) is 9.53 Å².